The minimum absolute atomic E-state index is 0.218. The van der Waals surface area contributed by atoms with E-state index in [0.29, 0.717) is 28.4 Å². The van der Waals surface area contributed by atoms with Crippen LogP contribution in [0.3, 0.4) is 0 Å². The molecule has 1 aromatic carbocycles. The smallest absolute Gasteiger partial charge is 0.257 e. The average Bonchev–Trinajstić information content (AvgIpc) is 3.00. The lowest BCUT2D eigenvalue weighted by molar-refractivity contribution is 0.0708. The fourth-order valence-electron chi connectivity index (χ4n) is 3.07. The molecule has 1 N–H and O–H groups in total. The first-order valence-electron chi connectivity index (χ1n) is 7.43. The predicted octanol–water partition coefficient (Wildman–Crippen LogP) is 1.49. The van der Waals surface area contributed by atoms with Crippen molar-refractivity contribution in [2.45, 2.75) is 12.1 Å². The van der Waals surface area contributed by atoms with Crippen LogP contribution in [-0.4, -0.2) is 33.2 Å². The third kappa shape index (κ3) is 1.86. The van der Waals surface area contributed by atoms with Crippen molar-refractivity contribution in [2.75, 3.05) is 6.61 Å². The molecule has 2 bridgehead atoms. The number of amides is 1. The van der Waals surface area contributed by atoms with Gasteiger partial charge in [0.05, 0.1) is 6.20 Å². The van der Waals surface area contributed by atoms with E-state index in [-0.39, 0.29) is 12.5 Å². The SMILES string of the molecule is O=C1NC2COc3ccc(F)cc3C2Oc2ccn3ncc1c3n2. The van der Waals surface area contributed by atoms with E-state index in [1.165, 1.54) is 22.8 Å². The molecule has 24 heavy (non-hydrogen) atoms. The van der Waals surface area contributed by atoms with Crippen molar-refractivity contribution in [3.8, 4) is 11.6 Å². The Morgan fingerprint density at radius 3 is 3.17 bits per heavy atom. The summed E-state index contributed by atoms with van der Waals surface area (Å²) in [4.78, 5) is 16.9. The number of rotatable bonds is 0. The summed E-state index contributed by atoms with van der Waals surface area (Å²) in [6.07, 6.45) is 2.53. The highest BCUT2D eigenvalue weighted by Gasteiger charge is 2.36. The molecule has 2 atom stereocenters. The Morgan fingerprint density at radius 1 is 1.33 bits per heavy atom. The molecule has 2 aromatic heterocycles. The molecule has 4 heterocycles. The molecule has 0 saturated carbocycles. The van der Waals surface area contributed by atoms with Gasteiger partial charge >= 0.3 is 0 Å². The van der Waals surface area contributed by atoms with Crippen molar-refractivity contribution >= 4 is 11.6 Å². The van der Waals surface area contributed by atoms with Crippen LogP contribution in [0.1, 0.15) is 22.0 Å². The zero-order valence-electron chi connectivity index (χ0n) is 12.3. The number of carbonyl (C=O) groups is 1. The van der Waals surface area contributed by atoms with Gasteiger partial charge in [0, 0.05) is 17.8 Å². The van der Waals surface area contributed by atoms with E-state index < -0.39 is 18.0 Å². The van der Waals surface area contributed by atoms with Crippen LogP contribution >= 0.6 is 0 Å². The van der Waals surface area contributed by atoms with Gasteiger partial charge in [0.15, 0.2) is 11.8 Å². The molecule has 120 valence electrons. The molecule has 8 heteroatoms. The van der Waals surface area contributed by atoms with Crippen molar-refractivity contribution in [1.29, 1.82) is 0 Å². The summed E-state index contributed by atoms with van der Waals surface area (Å²) in [5.74, 6) is 0.162. The summed E-state index contributed by atoms with van der Waals surface area (Å²) in [5, 5.41) is 6.97. The third-order valence-corrected chi connectivity index (χ3v) is 4.21. The molecule has 2 unspecified atom stereocenters. The summed E-state index contributed by atoms with van der Waals surface area (Å²) in [6, 6.07) is 5.43. The molecule has 0 saturated heterocycles. The Balaban J connectivity index is 1.68. The number of hydrogen-bond donors (Lipinski definition) is 1. The first-order valence-corrected chi connectivity index (χ1v) is 7.43. The maximum atomic E-state index is 13.7. The quantitative estimate of drug-likeness (QED) is 0.677. The molecule has 7 nitrogen and oxygen atoms in total. The van der Waals surface area contributed by atoms with E-state index in [1.54, 1.807) is 18.3 Å². The number of nitrogens with one attached hydrogen (secondary N) is 1. The normalized spacial score (nSPS) is 21.6. The van der Waals surface area contributed by atoms with E-state index in [9.17, 15) is 9.18 Å². The summed E-state index contributed by atoms with van der Waals surface area (Å²) in [7, 11) is 0. The number of nitrogens with zero attached hydrogens (tertiary/aromatic N) is 3. The predicted molar refractivity (Wildman–Crippen MR) is 79.5 cm³/mol. The Hall–Kier alpha value is -3.16. The maximum absolute atomic E-state index is 13.7. The van der Waals surface area contributed by atoms with Gasteiger partial charge in [-0.3, -0.25) is 4.79 Å². The second-order valence-electron chi connectivity index (χ2n) is 5.70. The Bertz CT molecular complexity index is 987. The molecule has 0 aliphatic carbocycles. The number of halogens is 1. The van der Waals surface area contributed by atoms with Crippen LogP contribution in [0.4, 0.5) is 4.39 Å². The van der Waals surface area contributed by atoms with Gasteiger partial charge in [-0.05, 0) is 18.2 Å². The molecule has 0 spiro atoms. The van der Waals surface area contributed by atoms with Gasteiger partial charge in [0.1, 0.15) is 29.8 Å². The van der Waals surface area contributed by atoms with E-state index in [1.807, 2.05) is 0 Å². The maximum Gasteiger partial charge on any atom is 0.257 e. The molecular formula is C16H11FN4O3. The third-order valence-electron chi connectivity index (χ3n) is 4.21. The molecule has 2 aliphatic heterocycles. The number of hydrogen-bond acceptors (Lipinski definition) is 5. The van der Waals surface area contributed by atoms with Gasteiger partial charge in [-0.25, -0.2) is 8.91 Å². The minimum Gasteiger partial charge on any atom is -0.491 e. The van der Waals surface area contributed by atoms with E-state index in [4.69, 9.17) is 9.47 Å². The highest BCUT2D eigenvalue weighted by molar-refractivity contribution is 6.00. The fraction of sp³-hybridized carbons (Fsp3) is 0.188. The molecule has 5 rings (SSSR count). The van der Waals surface area contributed by atoms with Gasteiger partial charge in [-0.2, -0.15) is 10.1 Å². The van der Waals surface area contributed by atoms with Gasteiger partial charge in [-0.1, -0.05) is 0 Å². The van der Waals surface area contributed by atoms with Crippen LogP contribution in [0, 0.1) is 5.82 Å². The van der Waals surface area contributed by atoms with Crippen molar-refractivity contribution < 1.29 is 18.7 Å². The van der Waals surface area contributed by atoms with Crippen LogP contribution in [-0.2, 0) is 0 Å². The summed E-state index contributed by atoms with van der Waals surface area (Å²) < 4.78 is 26.8. The Kier molecular flexibility index (Phi) is 2.59. The summed E-state index contributed by atoms with van der Waals surface area (Å²) in [5.41, 5.74) is 1.30. The zero-order valence-corrected chi connectivity index (χ0v) is 12.3. The van der Waals surface area contributed by atoms with Crippen LogP contribution < -0.4 is 14.8 Å². The topological polar surface area (TPSA) is 77.8 Å². The number of benzene rings is 1. The highest BCUT2D eigenvalue weighted by Crippen LogP contribution is 2.36. The molecule has 0 fully saturated rings. The standard InChI is InChI=1S/C16H11FN4O3/c17-8-1-2-12-9(5-8)14-11(7-23-12)19-16(22)10-6-18-21-4-3-13(24-14)20-15(10)21/h1-6,11,14H,7H2,(H,19,22). The van der Waals surface area contributed by atoms with Gasteiger partial charge in [-0.15, -0.1) is 0 Å². The van der Waals surface area contributed by atoms with Crippen LogP contribution in [0.2, 0.25) is 0 Å². The molecule has 0 radical (unpaired) electrons. The van der Waals surface area contributed by atoms with Crippen molar-refractivity contribution in [3.05, 3.63) is 53.6 Å². The van der Waals surface area contributed by atoms with Gasteiger partial charge in [0.25, 0.3) is 5.91 Å². The lowest BCUT2D eigenvalue weighted by Gasteiger charge is -2.33. The summed E-state index contributed by atoms with van der Waals surface area (Å²) >= 11 is 0. The van der Waals surface area contributed by atoms with Crippen molar-refractivity contribution in [1.82, 2.24) is 19.9 Å². The number of aromatic nitrogens is 3. The second-order valence-corrected chi connectivity index (χ2v) is 5.70. The van der Waals surface area contributed by atoms with Crippen LogP contribution in [0.25, 0.3) is 5.65 Å². The van der Waals surface area contributed by atoms with Crippen molar-refractivity contribution in [3.63, 3.8) is 0 Å². The fourth-order valence-corrected chi connectivity index (χ4v) is 3.07. The average molecular weight is 326 g/mol. The lowest BCUT2D eigenvalue weighted by atomic mass is 9.98. The Morgan fingerprint density at radius 2 is 2.25 bits per heavy atom. The number of carbonyl (C=O) groups excluding carboxylic acids is 1. The van der Waals surface area contributed by atoms with Crippen LogP contribution in [0.15, 0.2) is 36.7 Å². The molecule has 3 aromatic rings. The zero-order chi connectivity index (χ0) is 16.3. The lowest BCUT2D eigenvalue weighted by Crippen LogP contribution is -2.47. The van der Waals surface area contributed by atoms with E-state index in [0.717, 1.165) is 0 Å². The second kappa shape index (κ2) is 4.67. The van der Waals surface area contributed by atoms with Crippen LogP contribution in [0.5, 0.6) is 11.6 Å². The molecule has 1 amide bonds. The minimum atomic E-state index is -0.597. The highest BCUT2D eigenvalue weighted by atomic mass is 19.1. The first kappa shape index (κ1) is 13.3. The van der Waals surface area contributed by atoms with Gasteiger partial charge < -0.3 is 14.8 Å². The van der Waals surface area contributed by atoms with Crippen molar-refractivity contribution in [2.24, 2.45) is 0 Å². The molecule has 2 aliphatic rings. The molecular weight excluding hydrogens is 315 g/mol. The first-order chi connectivity index (χ1) is 11.7. The number of ether oxygens (including phenoxy) is 2. The van der Waals surface area contributed by atoms with E-state index >= 15 is 0 Å². The van der Waals surface area contributed by atoms with E-state index in [2.05, 4.69) is 15.4 Å². The van der Waals surface area contributed by atoms with Gasteiger partial charge in [0.2, 0.25) is 5.88 Å². The monoisotopic (exact) mass is 326 g/mol. The summed E-state index contributed by atoms with van der Waals surface area (Å²) in [6.45, 7) is 0.218. The largest absolute Gasteiger partial charge is 0.491 e. The Labute approximate surface area is 135 Å². The number of fused-ring (bicyclic) bond motifs is 4.